The topological polar surface area (TPSA) is 33.2 Å². The zero-order valence-corrected chi connectivity index (χ0v) is 14.1. The molecular formula is C19H21ClN2O. The van der Waals surface area contributed by atoms with Gasteiger partial charge in [0.15, 0.2) is 0 Å². The van der Waals surface area contributed by atoms with Gasteiger partial charge in [0.25, 0.3) is 5.91 Å². The molecule has 0 saturated heterocycles. The minimum Gasteiger partial charge on any atom is -0.337 e. The lowest BCUT2D eigenvalue weighted by atomic mass is 9.94. The second-order valence-electron chi connectivity index (χ2n) is 6.10. The molecule has 0 unspecified atom stereocenters. The van der Waals surface area contributed by atoms with Crippen LogP contribution in [-0.4, -0.2) is 28.9 Å². The number of rotatable bonds is 3. The normalized spacial score (nSPS) is 15.4. The predicted octanol–water partition coefficient (Wildman–Crippen LogP) is 4.81. The fourth-order valence-electron chi connectivity index (χ4n) is 3.19. The first-order valence-corrected chi connectivity index (χ1v) is 8.54. The number of aromatic nitrogens is 1. The number of halogens is 1. The van der Waals surface area contributed by atoms with E-state index in [2.05, 4.69) is 4.98 Å². The van der Waals surface area contributed by atoms with Crippen LogP contribution < -0.4 is 0 Å². The molecular weight excluding hydrogens is 308 g/mol. The Morgan fingerprint density at radius 2 is 1.83 bits per heavy atom. The van der Waals surface area contributed by atoms with Gasteiger partial charge in [0.2, 0.25) is 0 Å². The number of hydrogen-bond acceptors (Lipinski definition) is 2. The monoisotopic (exact) mass is 328 g/mol. The van der Waals surface area contributed by atoms with Crippen LogP contribution in [0.4, 0.5) is 0 Å². The largest absolute Gasteiger partial charge is 0.337 e. The molecule has 1 aromatic heterocycles. The van der Waals surface area contributed by atoms with E-state index in [-0.39, 0.29) is 5.91 Å². The molecule has 1 fully saturated rings. The van der Waals surface area contributed by atoms with Crippen molar-refractivity contribution in [3.8, 4) is 11.3 Å². The molecule has 3 rings (SSSR count). The fraction of sp³-hybridized carbons (Fsp3) is 0.368. The number of hydrogen-bond donors (Lipinski definition) is 0. The van der Waals surface area contributed by atoms with Gasteiger partial charge in [-0.1, -0.05) is 55.1 Å². The molecule has 1 amide bonds. The van der Waals surface area contributed by atoms with Gasteiger partial charge in [-0.3, -0.25) is 4.79 Å². The van der Waals surface area contributed by atoms with E-state index in [9.17, 15) is 4.79 Å². The molecule has 1 heterocycles. The Kier molecular flexibility index (Phi) is 4.97. The van der Waals surface area contributed by atoms with Crippen molar-refractivity contribution < 1.29 is 4.79 Å². The highest BCUT2D eigenvalue weighted by Crippen LogP contribution is 2.27. The lowest BCUT2D eigenvalue weighted by Gasteiger charge is -2.31. The quantitative estimate of drug-likeness (QED) is 0.810. The van der Waals surface area contributed by atoms with Gasteiger partial charge in [0, 0.05) is 23.7 Å². The van der Waals surface area contributed by atoms with Crippen LogP contribution >= 0.6 is 11.6 Å². The van der Waals surface area contributed by atoms with E-state index in [1.54, 1.807) is 6.07 Å². The van der Waals surface area contributed by atoms with Gasteiger partial charge in [-0.2, -0.15) is 0 Å². The molecule has 0 N–H and O–H groups in total. The Morgan fingerprint density at radius 3 is 2.57 bits per heavy atom. The van der Waals surface area contributed by atoms with Crippen molar-refractivity contribution in [3.05, 3.63) is 53.2 Å². The van der Waals surface area contributed by atoms with Gasteiger partial charge < -0.3 is 4.90 Å². The molecule has 0 bridgehead atoms. The van der Waals surface area contributed by atoms with Crippen molar-refractivity contribution in [3.63, 3.8) is 0 Å². The third-order valence-corrected chi connectivity index (χ3v) is 4.89. The molecule has 0 aliphatic heterocycles. The first-order valence-electron chi connectivity index (χ1n) is 8.16. The summed E-state index contributed by atoms with van der Waals surface area (Å²) in [5.74, 6) is -0.00852. The molecule has 4 heteroatoms. The number of carbonyl (C=O) groups is 1. The van der Waals surface area contributed by atoms with Crippen LogP contribution in [0.25, 0.3) is 11.3 Å². The van der Waals surface area contributed by atoms with Gasteiger partial charge in [0.05, 0.1) is 5.69 Å². The molecule has 3 nitrogen and oxygen atoms in total. The van der Waals surface area contributed by atoms with Crippen LogP contribution in [0.5, 0.6) is 0 Å². The van der Waals surface area contributed by atoms with E-state index in [4.69, 9.17) is 11.6 Å². The van der Waals surface area contributed by atoms with E-state index < -0.39 is 0 Å². The maximum Gasteiger partial charge on any atom is 0.272 e. The molecule has 1 aromatic carbocycles. The number of nitrogens with zero attached hydrogens (tertiary/aromatic N) is 2. The molecule has 2 aromatic rings. The zero-order chi connectivity index (χ0) is 16.2. The van der Waals surface area contributed by atoms with Crippen molar-refractivity contribution in [1.82, 2.24) is 9.88 Å². The molecule has 1 aliphatic carbocycles. The lowest BCUT2D eigenvalue weighted by molar-refractivity contribution is 0.0690. The van der Waals surface area contributed by atoms with E-state index in [0.717, 1.165) is 24.1 Å². The molecule has 1 saturated carbocycles. The molecule has 23 heavy (non-hydrogen) atoms. The first kappa shape index (κ1) is 16.0. The Labute approximate surface area is 142 Å². The minimum absolute atomic E-state index is 0.00852. The van der Waals surface area contributed by atoms with E-state index in [1.165, 1.54) is 19.3 Å². The summed E-state index contributed by atoms with van der Waals surface area (Å²) in [5, 5.41) is 0.644. The van der Waals surface area contributed by atoms with Crippen molar-refractivity contribution in [1.29, 1.82) is 0 Å². The number of amides is 1. The molecule has 1 aliphatic rings. The smallest absolute Gasteiger partial charge is 0.272 e. The van der Waals surface area contributed by atoms with E-state index >= 15 is 0 Å². The summed E-state index contributed by atoms with van der Waals surface area (Å²) in [6.07, 6.45) is 5.86. The number of carbonyl (C=O) groups excluding carboxylic acids is 1. The third kappa shape index (κ3) is 3.56. The van der Waals surface area contributed by atoms with Crippen molar-refractivity contribution in [2.24, 2.45) is 0 Å². The average Bonchev–Trinajstić information content (AvgIpc) is 2.62. The lowest BCUT2D eigenvalue weighted by Crippen LogP contribution is -2.38. The third-order valence-electron chi connectivity index (χ3n) is 4.56. The Morgan fingerprint density at radius 1 is 1.09 bits per heavy atom. The maximum absolute atomic E-state index is 12.7. The minimum atomic E-state index is -0.00852. The van der Waals surface area contributed by atoms with Gasteiger partial charge in [-0.05, 0) is 31.0 Å². The second kappa shape index (κ2) is 7.14. The molecule has 0 atom stereocenters. The van der Waals surface area contributed by atoms with E-state index in [0.29, 0.717) is 16.8 Å². The fourth-order valence-corrected chi connectivity index (χ4v) is 3.42. The van der Waals surface area contributed by atoms with Gasteiger partial charge in [-0.25, -0.2) is 4.98 Å². The van der Waals surface area contributed by atoms with Gasteiger partial charge in [0.1, 0.15) is 5.69 Å². The Balaban J connectivity index is 1.84. The van der Waals surface area contributed by atoms with Crippen LogP contribution in [0.1, 0.15) is 42.6 Å². The van der Waals surface area contributed by atoms with Crippen LogP contribution in [-0.2, 0) is 0 Å². The van der Waals surface area contributed by atoms with Crippen LogP contribution in [0.3, 0.4) is 0 Å². The highest BCUT2D eigenvalue weighted by atomic mass is 35.5. The first-order chi connectivity index (χ1) is 11.2. The van der Waals surface area contributed by atoms with Crippen molar-refractivity contribution in [2.45, 2.75) is 38.1 Å². The summed E-state index contributed by atoms with van der Waals surface area (Å²) in [6.45, 7) is 0. The summed E-state index contributed by atoms with van der Waals surface area (Å²) >= 11 is 6.24. The molecule has 120 valence electrons. The van der Waals surface area contributed by atoms with Crippen molar-refractivity contribution in [2.75, 3.05) is 7.05 Å². The zero-order valence-electron chi connectivity index (χ0n) is 13.3. The highest BCUT2D eigenvalue weighted by molar-refractivity contribution is 6.33. The highest BCUT2D eigenvalue weighted by Gasteiger charge is 2.24. The summed E-state index contributed by atoms with van der Waals surface area (Å²) in [5.41, 5.74) is 2.07. The SMILES string of the molecule is CN(C(=O)c1cccc(-c2ccccc2Cl)n1)C1CCCCC1. The maximum atomic E-state index is 12.7. The van der Waals surface area contributed by atoms with Gasteiger partial charge in [-0.15, -0.1) is 0 Å². The van der Waals surface area contributed by atoms with Crippen LogP contribution in [0.15, 0.2) is 42.5 Å². The van der Waals surface area contributed by atoms with Crippen molar-refractivity contribution >= 4 is 17.5 Å². The predicted molar refractivity (Wildman–Crippen MR) is 93.6 cm³/mol. The Bertz CT molecular complexity index is 695. The van der Waals surface area contributed by atoms with Crippen LogP contribution in [0.2, 0.25) is 5.02 Å². The van der Waals surface area contributed by atoms with Gasteiger partial charge >= 0.3 is 0 Å². The number of pyridine rings is 1. The summed E-state index contributed by atoms with van der Waals surface area (Å²) in [6, 6.07) is 13.4. The molecule has 0 radical (unpaired) electrons. The summed E-state index contributed by atoms with van der Waals surface area (Å²) in [4.78, 5) is 19.1. The van der Waals surface area contributed by atoms with Crippen LogP contribution in [0, 0.1) is 0 Å². The average molecular weight is 329 g/mol. The standard InChI is InChI=1S/C19H21ClN2O/c1-22(14-8-3-2-4-9-14)19(23)18-13-7-12-17(21-18)15-10-5-6-11-16(15)20/h5-7,10-14H,2-4,8-9H2,1H3. The number of benzene rings is 1. The Hall–Kier alpha value is -1.87. The molecule has 0 spiro atoms. The second-order valence-corrected chi connectivity index (χ2v) is 6.50. The summed E-state index contributed by atoms with van der Waals surface area (Å²) in [7, 11) is 1.89. The summed E-state index contributed by atoms with van der Waals surface area (Å²) < 4.78 is 0. The van der Waals surface area contributed by atoms with E-state index in [1.807, 2.05) is 48.3 Å².